The van der Waals surface area contributed by atoms with Crippen molar-refractivity contribution in [2.75, 3.05) is 6.61 Å². The van der Waals surface area contributed by atoms with E-state index in [0.29, 0.717) is 11.8 Å². The van der Waals surface area contributed by atoms with Gasteiger partial charge in [-0.15, -0.1) is 0 Å². The largest absolute Gasteiger partial charge is 0.463 e. The molecule has 2 rings (SSSR count). The number of ether oxygens (including phenoxy) is 1. The van der Waals surface area contributed by atoms with Gasteiger partial charge in [-0.3, -0.25) is 0 Å². The molecule has 7 heteroatoms. The fourth-order valence-corrected chi connectivity index (χ4v) is 2.74. The zero-order chi connectivity index (χ0) is 13.7. The van der Waals surface area contributed by atoms with Crippen LogP contribution in [0.25, 0.3) is 0 Å². The molecule has 0 aliphatic rings. The maximum atomic E-state index is 5.87. The molecule has 0 fully saturated rings. The van der Waals surface area contributed by atoms with Crippen molar-refractivity contribution in [3.05, 3.63) is 34.0 Å². The number of hydrogen-bond donors (Lipinski definition) is 0. The Labute approximate surface area is 129 Å². The van der Waals surface area contributed by atoms with E-state index in [2.05, 4.69) is 30.9 Å². The molecule has 1 heterocycles. The SMILES string of the molecule is CCCOc1nc(Cl)nc(Sc2ccccc2Br)n1. The third kappa shape index (κ3) is 4.33. The molecule has 0 N–H and O–H groups in total. The molecule has 100 valence electrons. The molecule has 1 aromatic heterocycles. The van der Waals surface area contributed by atoms with Crippen molar-refractivity contribution in [2.24, 2.45) is 0 Å². The molecule has 2 aromatic rings. The standard InChI is InChI=1S/C12H11BrClN3OS/c1-2-7-18-11-15-10(14)16-12(17-11)19-9-6-4-3-5-8(9)13/h3-6H,2,7H2,1H3. The van der Waals surface area contributed by atoms with E-state index in [-0.39, 0.29) is 11.3 Å². The van der Waals surface area contributed by atoms with Crippen molar-refractivity contribution in [1.82, 2.24) is 15.0 Å². The number of hydrogen-bond acceptors (Lipinski definition) is 5. The zero-order valence-corrected chi connectivity index (χ0v) is 13.3. The van der Waals surface area contributed by atoms with Crippen LogP contribution in [0.15, 0.2) is 38.8 Å². The van der Waals surface area contributed by atoms with Crippen LogP contribution in [-0.2, 0) is 0 Å². The highest BCUT2D eigenvalue weighted by molar-refractivity contribution is 9.10. The van der Waals surface area contributed by atoms with E-state index >= 15 is 0 Å². The van der Waals surface area contributed by atoms with Gasteiger partial charge in [-0.25, -0.2) is 0 Å². The summed E-state index contributed by atoms with van der Waals surface area (Å²) >= 11 is 10.7. The molecule has 0 saturated heterocycles. The first-order valence-corrected chi connectivity index (χ1v) is 7.64. The molecule has 0 saturated carbocycles. The Morgan fingerprint density at radius 3 is 2.79 bits per heavy atom. The van der Waals surface area contributed by atoms with Crippen molar-refractivity contribution in [3.8, 4) is 6.01 Å². The first kappa shape index (κ1) is 14.6. The number of nitrogens with zero attached hydrogens (tertiary/aromatic N) is 3. The van der Waals surface area contributed by atoms with Gasteiger partial charge in [-0.05, 0) is 57.8 Å². The topological polar surface area (TPSA) is 47.9 Å². The van der Waals surface area contributed by atoms with E-state index in [1.807, 2.05) is 31.2 Å². The van der Waals surface area contributed by atoms with Crippen molar-refractivity contribution in [1.29, 1.82) is 0 Å². The molecule has 0 unspecified atom stereocenters. The fourth-order valence-electron chi connectivity index (χ4n) is 1.24. The predicted molar refractivity (Wildman–Crippen MR) is 78.9 cm³/mol. The molecular weight excluding hydrogens is 350 g/mol. The lowest BCUT2D eigenvalue weighted by atomic mass is 10.4. The number of benzene rings is 1. The van der Waals surface area contributed by atoms with Gasteiger partial charge < -0.3 is 4.74 Å². The average Bonchev–Trinajstić information content (AvgIpc) is 2.38. The second kappa shape index (κ2) is 7.07. The lowest BCUT2D eigenvalue weighted by molar-refractivity contribution is 0.288. The highest BCUT2D eigenvalue weighted by Crippen LogP contribution is 2.32. The number of aromatic nitrogens is 3. The third-order valence-corrected chi connectivity index (χ3v) is 4.10. The minimum atomic E-state index is 0.135. The average molecular weight is 361 g/mol. The molecule has 0 atom stereocenters. The quantitative estimate of drug-likeness (QED) is 0.798. The molecule has 4 nitrogen and oxygen atoms in total. The molecule has 0 aliphatic heterocycles. The van der Waals surface area contributed by atoms with Crippen LogP contribution in [0.5, 0.6) is 6.01 Å². The highest BCUT2D eigenvalue weighted by Gasteiger charge is 2.09. The van der Waals surface area contributed by atoms with Gasteiger partial charge >= 0.3 is 6.01 Å². The monoisotopic (exact) mass is 359 g/mol. The molecule has 0 aliphatic carbocycles. The Kier molecular flexibility index (Phi) is 5.42. The summed E-state index contributed by atoms with van der Waals surface area (Å²) in [6.45, 7) is 2.57. The van der Waals surface area contributed by atoms with E-state index < -0.39 is 0 Å². The first-order chi connectivity index (χ1) is 9.19. The van der Waals surface area contributed by atoms with Crippen LogP contribution in [0.4, 0.5) is 0 Å². The maximum Gasteiger partial charge on any atom is 0.321 e. The predicted octanol–water partition coefficient (Wildman–Crippen LogP) is 4.23. The smallest absolute Gasteiger partial charge is 0.321 e. The van der Waals surface area contributed by atoms with Gasteiger partial charge in [0.25, 0.3) is 0 Å². The molecule has 1 aromatic carbocycles. The summed E-state index contributed by atoms with van der Waals surface area (Å²) in [5.74, 6) is 0. The van der Waals surface area contributed by atoms with E-state index in [4.69, 9.17) is 16.3 Å². The second-order valence-corrected chi connectivity index (χ2v) is 5.75. The van der Waals surface area contributed by atoms with E-state index in [1.165, 1.54) is 11.8 Å². The van der Waals surface area contributed by atoms with Crippen LogP contribution in [0.3, 0.4) is 0 Å². The van der Waals surface area contributed by atoms with Crippen LogP contribution in [0.2, 0.25) is 5.28 Å². The zero-order valence-electron chi connectivity index (χ0n) is 10.1. The molecule has 0 radical (unpaired) electrons. The summed E-state index contributed by atoms with van der Waals surface area (Å²) < 4.78 is 6.35. The Balaban J connectivity index is 2.20. The van der Waals surface area contributed by atoms with E-state index in [1.54, 1.807) is 0 Å². The minimum absolute atomic E-state index is 0.135. The van der Waals surface area contributed by atoms with Gasteiger partial charge in [0.15, 0.2) is 5.16 Å². The molecule has 19 heavy (non-hydrogen) atoms. The van der Waals surface area contributed by atoms with E-state index in [9.17, 15) is 0 Å². The Bertz CT molecular complexity index is 570. The summed E-state index contributed by atoms with van der Waals surface area (Å²) in [5, 5.41) is 0.647. The summed E-state index contributed by atoms with van der Waals surface area (Å²) in [4.78, 5) is 13.2. The lowest BCUT2D eigenvalue weighted by Gasteiger charge is -2.05. The first-order valence-electron chi connectivity index (χ1n) is 5.66. The van der Waals surface area contributed by atoms with Gasteiger partial charge in [-0.1, -0.05) is 19.1 Å². The van der Waals surface area contributed by atoms with Crippen LogP contribution >= 0.6 is 39.3 Å². The van der Waals surface area contributed by atoms with Gasteiger partial charge in [0.2, 0.25) is 5.28 Å². The number of halogens is 2. The van der Waals surface area contributed by atoms with Gasteiger partial charge in [-0.2, -0.15) is 15.0 Å². The minimum Gasteiger partial charge on any atom is -0.463 e. The lowest BCUT2D eigenvalue weighted by Crippen LogP contribution is -2.02. The molecule has 0 amide bonds. The Hall–Kier alpha value is -0.850. The van der Waals surface area contributed by atoms with Gasteiger partial charge in [0.05, 0.1) is 6.61 Å². The summed E-state index contributed by atoms with van der Waals surface area (Å²) in [7, 11) is 0. The van der Waals surface area contributed by atoms with Crippen molar-refractivity contribution in [3.63, 3.8) is 0 Å². The van der Waals surface area contributed by atoms with Crippen LogP contribution < -0.4 is 4.74 Å². The number of rotatable bonds is 5. The Morgan fingerprint density at radius 1 is 1.26 bits per heavy atom. The van der Waals surface area contributed by atoms with Crippen LogP contribution in [0.1, 0.15) is 13.3 Å². The third-order valence-electron chi connectivity index (χ3n) is 2.04. The van der Waals surface area contributed by atoms with Crippen molar-refractivity contribution in [2.45, 2.75) is 23.4 Å². The van der Waals surface area contributed by atoms with E-state index in [0.717, 1.165) is 15.8 Å². The van der Waals surface area contributed by atoms with Gasteiger partial charge in [0.1, 0.15) is 0 Å². The summed E-state index contributed by atoms with van der Waals surface area (Å²) in [6, 6.07) is 8.09. The van der Waals surface area contributed by atoms with Crippen molar-refractivity contribution < 1.29 is 4.74 Å². The molecule has 0 spiro atoms. The second-order valence-electron chi connectivity index (χ2n) is 3.55. The van der Waals surface area contributed by atoms with Crippen LogP contribution in [0, 0.1) is 0 Å². The van der Waals surface area contributed by atoms with Crippen molar-refractivity contribution >= 4 is 39.3 Å². The van der Waals surface area contributed by atoms with Gasteiger partial charge in [0, 0.05) is 9.37 Å². The summed E-state index contributed by atoms with van der Waals surface area (Å²) in [6.07, 6.45) is 0.885. The molecule has 0 bridgehead atoms. The summed E-state index contributed by atoms with van der Waals surface area (Å²) in [5.41, 5.74) is 0. The fraction of sp³-hybridized carbons (Fsp3) is 0.250. The van der Waals surface area contributed by atoms with Crippen LogP contribution in [-0.4, -0.2) is 21.6 Å². The maximum absolute atomic E-state index is 5.87. The molecular formula is C12H11BrClN3OS. The Morgan fingerprint density at radius 2 is 2.05 bits per heavy atom. The highest BCUT2D eigenvalue weighted by atomic mass is 79.9. The normalized spacial score (nSPS) is 10.5.